The highest BCUT2D eigenvalue weighted by molar-refractivity contribution is 5.76. The van der Waals surface area contributed by atoms with Crippen molar-refractivity contribution < 1.29 is 13.9 Å². The van der Waals surface area contributed by atoms with Gasteiger partial charge in [0.05, 0.1) is 7.11 Å². The maximum Gasteiger partial charge on any atom is 0.220 e. The Bertz CT molecular complexity index is 396. The molecule has 4 heteroatoms. The van der Waals surface area contributed by atoms with E-state index in [1.165, 1.54) is 13.2 Å². The van der Waals surface area contributed by atoms with E-state index in [1.54, 1.807) is 12.1 Å². The molecule has 1 saturated heterocycles. The van der Waals surface area contributed by atoms with Crippen LogP contribution in [-0.4, -0.2) is 19.6 Å². The van der Waals surface area contributed by atoms with Crippen LogP contribution in [0.25, 0.3) is 0 Å². The molecule has 1 fully saturated rings. The fourth-order valence-corrected chi connectivity index (χ4v) is 1.96. The molecule has 1 aromatic rings. The molecule has 1 N–H and O–H groups in total. The first kappa shape index (κ1) is 10.9. The van der Waals surface area contributed by atoms with Crippen molar-refractivity contribution in [1.29, 1.82) is 0 Å². The number of benzene rings is 1. The minimum absolute atomic E-state index is 0.0465. The van der Waals surface area contributed by atoms with Crippen LogP contribution in [0.15, 0.2) is 18.2 Å². The Morgan fingerprint density at radius 2 is 2.31 bits per heavy atom. The first-order valence-corrected chi connectivity index (χ1v) is 5.31. The summed E-state index contributed by atoms with van der Waals surface area (Å²) in [7, 11) is 1.51. The van der Waals surface area contributed by atoms with E-state index in [2.05, 4.69) is 5.32 Å². The lowest BCUT2D eigenvalue weighted by atomic mass is 9.91. The molecule has 1 heterocycles. The van der Waals surface area contributed by atoms with Crippen LogP contribution in [0.3, 0.4) is 0 Å². The van der Waals surface area contributed by atoms with Crippen LogP contribution in [0.2, 0.25) is 0 Å². The summed E-state index contributed by atoms with van der Waals surface area (Å²) in [6.07, 6.45) is 1.17. The van der Waals surface area contributed by atoms with E-state index in [-0.39, 0.29) is 17.6 Å². The molecule has 1 unspecified atom stereocenters. The average molecular weight is 223 g/mol. The van der Waals surface area contributed by atoms with Gasteiger partial charge in [-0.3, -0.25) is 4.79 Å². The minimum atomic E-state index is -0.263. The molecule has 0 saturated carbocycles. The Labute approximate surface area is 93.6 Å². The summed E-state index contributed by atoms with van der Waals surface area (Å²) in [6.45, 7) is 0.516. The number of halogens is 1. The number of carbonyl (C=O) groups is 1. The zero-order valence-corrected chi connectivity index (χ0v) is 9.13. The number of ether oxygens (including phenoxy) is 1. The first-order chi connectivity index (χ1) is 7.70. The van der Waals surface area contributed by atoms with E-state index in [0.29, 0.717) is 30.7 Å². The highest BCUT2D eigenvalue weighted by Gasteiger charge is 2.22. The second-order valence-corrected chi connectivity index (χ2v) is 3.93. The largest absolute Gasteiger partial charge is 0.497 e. The smallest absolute Gasteiger partial charge is 0.220 e. The topological polar surface area (TPSA) is 38.3 Å². The number of piperidine rings is 1. The highest BCUT2D eigenvalue weighted by atomic mass is 19.1. The summed E-state index contributed by atoms with van der Waals surface area (Å²) >= 11 is 0. The van der Waals surface area contributed by atoms with E-state index >= 15 is 0 Å². The lowest BCUT2D eigenvalue weighted by molar-refractivity contribution is -0.122. The van der Waals surface area contributed by atoms with Gasteiger partial charge in [0.1, 0.15) is 11.6 Å². The number of hydrogen-bond donors (Lipinski definition) is 1. The number of methoxy groups -OCH3 is 1. The van der Waals surface area contributed by atoms with Crippen molar-refractivity contribution in [2.75, 3.05) is 13.7 Å². The van der Waals surface area contributed by atoms with Crippen LogP contribution < -0.4 is 10.1 Å². The number of hydrogen-bond acceptors (Lipinski definition) is 2. The second-order valence-electron chi connectivity index (χ2n) is 3.93. The average Bonchev–Trinajstić information content (AvgIpc) is 2.30. The fraction of sp³-hybridized carbons (Fsp3) is 0.417. The lowest BCUT2D eigenvalue weighted by Crippen LogP contribution is -2.33. The van der Waals surface area contributed by atoms with Crippen LogP contribution in [0.4, 0.5) is 4.39 Å². The Kier molecular flexibility index (Phi) is 3.08. The van der Waals surface area contributed by atoms with Gasteiger partial charge in [-0.1, -0.05) is 6.07 Å². The zero-order chi connectivity index (χ0) is 11.5. The van der Waals surface area contributed by atoms with Crippen molar-refractivity contribution in [3.63, 3.8) is 0 Å². The Morgan fingerprint density at radius 1 is 1.50 bits per heavy atom. The fourth-order valence-electron chi connectivity index (χ4n) is 1.96. The number of nitrogens with one attached hydrogen (secondary N) is 1. The Hall–Kier alpha value is -1.58. The normalized spacial score (nSPS) is 20.4. The molecule has 0 aromatic heterocycles. The molecule has 1 aliphatic heterocycles. The van der Waals surface area contributed by atoms with Crippen LogP contribution in [0.5, 0.6) is 5.75 Å². The SMILES string of the molecule is COc1ccc(C2CCC(=O)NC2)c(F)c1. The van der Waals surface area contributed by atoms with Crippen molar-refractivity contribution in [1.82, 2.24) is 5.32 Å². The number of rotatable bonds is 2. The molecule has 1 aromatic carbocycles. The van der Waals surface area contributed by atoms with Crippen LogP contribution in [-0.2, 0) is 4.79 Å². The molecule has 1 atom stereocenters. The summed E-state index contributed by atoms with van der Waals surface area (Å²) in [6, 6.07) is 4.86. The molecule has 16 heavy (non-hydrogen) atoms. The maximum atomic E-state index is 13.7. The molecule has 0 aliphatic carbocycles. The Balaban J connectivity index is 2.17. The van der Waals surface area contributed by atoms with Crippen molar-refractivity contribution in [2.45, 2.75) is 18.8 Å². The van der Waals surface area contributed by atoms with Gasteiger partial charge in [0.15, 0.2) is 0 Å². The van der Waals surface area contributed by atoms with E-state index in [0.717, 1.165) is 0 Å². The van der Waals surface area contributed by atoms with E-state index in [1.807, 2.05) is 0 Å². The summed E-state index contributed by atoms with van der Waals surface area (Å²) in [5.74, 6) is 0.371. The molecule has 0 bridgehead atoms. The Morgan fingerprint density at radius 3 is 2.88 bits per heavy atom. The van der Waals surface area contributed by atoms with Crippen molar-refractivity contribution in [3.05, 3.63) is 29.6 Å². The molecule has 0 radical (unpaired) electrons. The molecule has 1 aliphatic rings. The van der Waals surface area contributed by atoms with Gasteiger partial charge in [-0.25, -0.2) is 4.39 Å². The van der Waals surface area contributed by atoms with Crippen molar-refractivity contribution in [3.8, 4) is 5.75 Å². The standard InChI is InChI=1S/C12H14FNO2/c1-16-9-3-4-10(11(13)6-9)8-2-5-12(15)14-7-8/h3-4,6,8H,2,5,7H2,1H3,(H,14,15). The van der Waals surface area contributed by atoms with Gasteiger partial charge in [0.2, 0.25) is 5.91 Å². The van der Waals surface area contributed by atoms with Gasteiger partial charge in [-0.15, -0.1) is 0 Å². The van der Waals surface area contributed by atoms with Crippen LogP contribution in [0, 0.1) is 5.82 Å². The van der Waals surface area contributed by atoms with Gasteiger partial charge in [-0.2, -0.15) is 0 Å². The van der Waals surface area contributed by atoms with Gasteiger partial charge in [0, 0.05) is 24.9 Å². The van der Waals surface area contributed by atoms with Gasteiger partial charge >= 0.3 is 0 Å². The predicted octanol–water partition coefficient (Wildman–Crippen LogP) is 1.83. The van der Waals surface area contributed by atoms with Gasteiger partial charge in [-0.05, 0) is 18.1 Å². The number of carbonyl (C=O) groups excluding carboxylic acids is 1. The van der Waals surface area contributed by atoms with Gasteiger partial charge in [0.25, 0.3) is 0 Å². The summed E-state index contributed by atoms with van der Waals surface area (Å²) in [4.78, 5) is 11.0. The van der Waals surface area contributed by atoms with Crippen molar-refractivity contribution >= 4 is 5.91 Å². The van der Waals surface area contributed by atoms with E-state index < -0.39 is 0 Å². The molecular weight excluding hydrogens is 209 g/mol. The summed E-state index contributed by atoms with van der Waals surface area (Å²) in [5.41, 5.74) is 0.654. The molecule has 86 valence electrons. The quantitative estimate of drug-likeness (QED) is 0.830. The van der Waals surface area contributed by atoms with E-state index in [9.17, 15) is 9.18 Å². The third kappa shape index (κ3) is 2.15. The van der Waals surface area contributed by atoms with E-state index in [4.69, 9.17) is 4.74 Å². The molecular formula is C12H14FNO2. The summed E-state index contributed by atoms with van der Waals surface area (Å²) in [5, 5.41) is 2.75. The van der Waals surface area contributed by atoms with Gasteiger partial charge < -0.3 is 10.1 Å². The summed E-state index contributed by atoms with van der Waals surface area (Å²) < 4.78 is 18.7. The van der Waals surface area contributed by atoms with Crippen LogP contribution >= 0.6 is 0 Å². The molecule has 1 amide bonds. The predicted molar refractivity (Wildman–Crippen MR) is 57.9 cm³/mol. The molecule has 3 nitrogen and oxygen atoms in total. The molecule has 2 rings (SSSR count). The molecule has 0 spiro atoms. The van der Waals surface area contributed by atoms with Crippen molar-refractivity contribution in [2.24, 2.45) is 0 Å². The zero-order valence-electron chi connectivity index (χ0n) is 9.13. The lowest BCUT2D eigenvalue weighted by Gasteiger charge is -2.23. The monoisotopic (exact) mass is 223 g/mol. The minimum Gasteiger partial charge on any atom is -0.497 e. The third-order valence-electron chi connectivity index (χ3n) is 2.91. The second kappa shape index (κ2) is 4.51. The maximum absolute atomic E-state index is 13.7. The van der Waals surface area contributed by atoms with Crippen LogP contribution in [0.1, 0.15) is 24.3 Å². The third-order valence-corrected chi connectivity index (χ3v) is 2.91. The first-order valence-electron chi connectivity index (χ1n) is 5.31. The number of amides is 1. The highest BCUT2D eigenvalue weighted by Crippen LogP contribution is 2.28.